The summed E-state index contributed by atoms with van der Waals surface area (Å²) in [6.45, 7) is 10.9. The van der Waals surface area contributed by atoms with Crippen molar-refractivity contribution in [1.82, 2.24) is 19.7 Å². The monoisotopic (exact) mass is 527 g/mol. The maximum Gasteiger partial charge on any atom is 0.446 e. The fourth-order valence-electron chi connectivity index (χ4n) is 6.05. The van der Waals surface area contributed by atoms with Crippen LogP contribution in [0.3, 0.4) is 0 Å². The molecule has 1 aliphatic rings. The second-order valence-electron chi connectivity index (χ2n) is 11.1. The number of aromatic amines is 1. The third kappa shape index (κ3) is 5.51. The number of hydrogen-bond acceptors (Lipinski definition) is 4. The Bertz CT molecular complexity index is 1400. The number of rotatable bonds is 5. The fourth-order valence-corrected chi connectivity index (χ4v) is 6.59. The molecule has 196 valence electrons. The van der Waals surface area contributed by atoms with Gasteiger partial charge in [-0.3, -0.25) is 5.10 Å². The van der Waals surface area contributed by atoms with Crippen molar-refractivity contribution in [3.8, 4) is 11.1 Å². The molecule has 2 N–H and O–H groups in total. The van der Waals surface area contributed by atoms with Crippen molar-refractivity contribution in [2.75, 3.05) is 5.32 Å². The molecule has 5 nitrogen and oxygen atoms in total. The number of nitrogens with zero attached hydrogens (tertiary/aromatic N) is 3. The van der Waals surface area contributed by atoms with Gasteiger partial charge in [0, 0.05) is 27.9 Å². The van der Waals surface area contributed by atoms with E-state index in [9.17, 15) is 13.2 Å². The van der Waals surface area contributed by atoms with Gasteiger partial charge in [-0.2, -0.15) is 18.3 Å². The molecule has 2 heterocycles. The summed E-state index contributed by atoms with van der Waals surface area (Å²) >= 11 is -0.108. The van der Waals surface area contributed by atoms with Gasteiger partial charge in [0.25, 0.3) is 0 Å². The molecule has 2 unspecified atom stereocenters. The molecule has 1 saturated carbocycles. The molecule has 2 atom stereocenters. The zero-order valence-electron chi connectivity index (χ0n) is 21.7. The molecule has 0 saturated heterocycles. The van der Waals surface area contributed by atoms with Gasteiger partial charge in [0.1, 0.15) is 0 Å². The van der Waals surface area contributed by atoms with Crippen LogP contribution in [0.15, 0.2) is 47.4 Å². The van der Waals surface area contributed by atoms with Crippen molar-refractivity contribution in [3.05, 3.63) is 53.9 Å². The standard InChI is InChI=1S/C28H32F3N5S/c1-16-12-21(15-27(4,5)14-16)36-24-11-6-19(25-17(2)34-35-18(25)3)13-23(24)33-26(36)32-20-7-9-22(10-8-20)37-28(29,30)31/h6-11,13,16,21H,12,14-15H2,1-5H3,(H,32,33)(H,34,35). The van der Waals surface area contributed by atoms with E-state index in [4.69, 9.17) is 4.98 Å². The maximum atomic E-state index is 12.8. The maximum absolute atomic E-state index is 12.8. The average molecular weight is 528 g/mol. The van der Waals surface area contributed by atoms with E-state index in [2.05, 4.69) is 59.1 Å². The zero-order valence-corrected chi connectivity index (χ0v) is 22.5. The zero-order chi connectivity index (χ0) is 26.5. The van der Waals surface area contributed by atoms with Crippen molar-refractivity contribution in [1.29, 1.82) is 0 Å². The first-order chi connectivity index (χ1) is 17.4. The van der Waals surface area contributed by atoms with Gasteiger partial charge in [0.2, 0.25) is 5.95 Å². The summed E-state index contributed by atoms with van der Waals surface area (Å²) in [5.74, 6) is 1.28. The lowest BCUT2D eigenvalue weighted by atomic mass is 9.70. The second kappa shape index (κ2) is 9.42. The van der Waals surface area contributed by atoms with E-state index in [0.29, 0.717) is 17.6 Å². The van der Waals surface area contributed by atoms with E-state index < -0.39 is 5.51 Å². The minimum Gasteiger partial charge on any atom is -0.326 e. The molecule has 37 heavy (non-hydrogen) atoms. The van der Waals surface area contributed by atoms with E-state index in [1.165, 1.54) is 18.6 Å². The molecule has 0 bridgehead atoms. The predicted molar refractivity (Wildman–Crippen MR) is 144 cm³/mol. The summed E-state index contributed by atoms with van der Waals surface area (Å²) in [6, 6.07) is 12.9. The van der Waals surface area contributed by atoms with Crippen LogP contribution < -0.4 is 5.32 Å². The molecule has 1 fully saturated rings. The molecule has 2 aromatic carbocycles. The Kier molecular flexibility index (Phi) is 6.54. The third-order valence-corrected chi connectivity index (χ3v) is 7.92. The Labute approximate surface area is 219 Å². The van der Waals surface area contributed by atoms with Gasteiger partial charge in [-0.05, 0) is 98.2 Å². The number of aromatic nitrogens is 4. The van der Waals surface area contributed by atoms with E-state index in [1.54, 1.807) is 12.1 Å². The van der Waals surface area contributed by atoms with Crippen LogP contribution in [0.1, 0.15) is 57.5 Å². The molecule has 5 rings (SSSR count). The summed E-state index contributed by atoms with van der Waals surface area (Å²) in [5.41, 5.74) is 2.60. The van der Waals surface area contributed by atoms with Crippen LogP contribution in [-0.2, 0) is 0 Å². The van der Waals surface area contributed by atoms with Gasteiger partial charge in [0.15, 0.2) is 0 Å². The van der Waals surface area contributed by atoms with Crippen LogP contribution in [-0.4, -0.2) is 25.3 Å². The van der Waals surface area contributed by atoms with Gasteiger partial charge in [-0.25, -0.2) is 4.98 Å². The van der Waals surface area contributed by atoms with E-state index in [1.807, 2.05) is 13.8 Å². The highest BCUT2D eigenvalue weighted by molar-refractivity contribution is 8.00. The van der Waals surface area contributed by atoms with Gasteiger partial charge in [-0.15, -0.1) is 0 Å². The lowest BCUT2D eigenvalue weighted by molar-refractivity contribution is -0.0328. The third-order valence-electron chi connectivity index (χ3n) is 7.18. The van der Waals surface area contributed by atoms with Crippen molar-refractivity contribution in [3.63, 3.8) is 0 Å². The Hall–Kier alpha value is -2.94. The topological polar surface area (TPSA) is 58.5 Å². The largest absolute Gasteiger partial charge is 0.446 e. The molecule has 1 aliphatic carbocycles. The van der Waals surface area contributed by atoms with Gasteiger partial charge >= 0.3 is 5.51 Å². The van der Waals surface area contributed by atoms with Gasteiger partial charge in [0.05, 0.1) is 16.7 Å². The average Bonchev–Trinajstić information content (AvgIpc) is 3.30. The molecule has 0 spiro atoms. The Morgan fingerprint density at radius 2 is 1.81 bits per heavy atom. The van der Waals surface area contributed by atoms with Crippen LogP contribution in [0.2, 0.25) is 0 Å². The van der Waals surface area contributed by atoms with Crippen LogP contribution in [0.4, 0.5) is 24.8 Å². The number of aryl methyl sites for hydroxylation is 2. The molecule has 2 aromatic heterocycles. The molecular formula is C28H32F3N5S. The minimum absolute atomic E-state index is 0.108. The van der Waals surface area contributed by atoms with Crippen LogP contribution in [0, 0.1) is 25.2 Å². The molecule has 0 aliphatic heterocycles. The number of anilines is 2. The number of halogens is 3. The number of nitrogens with one attached hydrogen (secondary N) is 2. The summed E-state index contributed by atoms with van der Waals surface area (Å²) in [6.07, 6.45) is 3.26. The van der Waals surface area contributed by atoms with Crippen LogP contribution in [0.25, 0.3) is 22.2 Å². The predicted octanol–water partition coefficient (Wildman–Crippen LogP) is 8.79. The number of alkyl halides is 3. The molecule has 0 amide bonds. The normalized spacial score (nSPS) is 19.9. The lowest BCUT2D eigenvalue weighted by Gasteiger charge is -2.40. The lowest BCUT2D eigenvalue weighted by Crippen LogP contribution is -2.29. The van der Waals surface area contributed by atoms with Gasteiger partial charge < -0.3 is 9.88 Å². The van der Waals surface area contributed by atoms with Crippen molar-refractivity contribution in [2.45, 2.75) is 70.3 Å². The number of fused-ring (bicyclic) bond motifs is 1. The fraction of sp³-hybridized carbons (Fsp3) is 0.429. The smallest absolute Gasteiger partial charge is 0.326 e. The van der Waals surface area contributed by atoms with E-state index in [0.717, 1.165) is 46.4 Å². The van der Waals surface area contributed by atoms with Crippen molar-refractivity contribution in [2.24, 2.45) is 11.3 Å². The molecule has 0 radical (unpaired) electrons. The van der Waals surface area contributed by atoms with E-state index in [-0.39, 0.29) is 28.1 Å². The summed E-state index contributed by atoms with van der Waals surface area (Å²) in [5, 5.41) is 10.8. The highest BCUT2D eigenvalue weighted by Gasteiger charge is 2.35. The summed E-state index contributed by atoms with van der Waals surface area (Å²) in [7, 11) is 0. The quantitative estimate of drug-likeness (QED) is 0.255. The Balaban J connectivity index is 1.56. The highest BCUT2D eigenvalue weighted by Crippen LogP contribution is 2.46. The number of imidazole rings is 1. The first-order valence-electron chi connectivity index (χ1n) is 12.6. The molecule has 4 aromatic rings. The Morgan fingerprint density at radius 1 is 1.08 bits per heavy atom. The summed E-state index contributed by atoms with van der Waals surface area (Å²) in [4.78, 5) is 5.16. The molecular weight excluding hydrogens is 495 g/mol. The Morgan fingerprint density at radius 3 is 2.43 bits per heavy atom. The first kappa shape index (κ1) is 25.7. The van der Waals surface area contributed by atoms with Crippen LogP contribution in [0.5, 0.6) is 0 Å². The SMILES string of the molecule is Cc1n[nH]c(C)c1-c1ccc2c(c1)nc(Nc1ccc(SC(F)(F)F)cc1)n2C1CC(C)CC(C)(C)C1. The highest BCUT2D eigenvalue weighted by atomic mass is 32.2. The minimum atomic E-state index is -4.31. The molecule has 9 heteroatoms. The van der Waals surface area contributed by atoms with Gasteiger partial charge in [-0.1, -0.05) is 26.8 Å². The first-order valence-corrected chi connectivity index (χ1v) is 13.4. The van der Waals surface area contributed by atoms with Crippen molar-refractivity contribution >= 4 is 34.4 Å². The summed E-state index contributed by atoms with van der Waals surface area (Å²) < 4.78 is 40.6. The number of hydrogen-bond donors (Lipinski definition) is 2. The number of H-pyrrole nitrogens is 1. The van der Waals surface area contributed by atoms with Crippen LogP contribution >= 0.6 is 11.8 Å². The van der Waals surface area contributed by atoms with Crippen molar-refractivity contribution < 1.29 is 13.2 Å². The van der Waals surface area contributed by atoms with E-state index >= 15 is 0 Å². The number of thioether (sulfide) groups is 1. The second-order valence-corrected chi connectivity index (χ2v) is 12.2. The number of benzene rings is 2.